The van der Waals surface area contributed by atoms with Crippen LogP contribution in [0.1, 0.15) is 53.2 Å². The Morgan fingerprint density at radius 3 is 2.25 bits per heavy atom. The van der Waals surface area contributed by atoms with E-state index in [-0.39, 0.29) is 23.6 Å². The van der Waals surface area contributed by atoms with Crippen molar-refractivity contribution in [1.82, 2.24) is 4.57 Å². The van der Waals surface area contributed by atoms with Crippen molar-refractivity contribution >= 4 is 29.2 Å². The van der Waals surface area contributed by atoms with Gasteiger partial charge in [-0.25, -0.2) is 9.18 Å². The number of benzene rings is 2. The van der Waals surface area contributed by atoms with Crippen LogP contribution in [0.4, 0.5) is 10.1 Å². The van der Waals surface area contributed by atoms with Gasteiger partial charge in [-0.2, -0.15) is 5.26 Å². The number of nitriles is 1. The standard InChI is InChI=1S/C21H15ClFN3O3.C2H6.CH4/c1-11-14(20(27)25-13-5-3-12(10-24)4-6-13)9-19(26(11)2)15-7-17(22)18(23)8-16(15)21(28)29;1-2;/h3-9H,1-2H3,(H,25,27)(H,28,29);1-2H3;1H4. The molecule has 6 nitrogen and oxygen atoms in total. The molecule has 0 saturated heterocycles. The molecule has 0 aliphatic rings. The highest BCUT2D eigenvalue weighted by Gasteiger charge is 2.22. The van der Waals surface area contributed by atoms with Crippen LogP contribution in [0.2, 0.25) is 5.02 Å². The number of amides is 1. The first-order valence-corrected chi connectivity index (χ1v) is 9.81. The van der Waals surface area contributed by atoms with E-state index >= 15 is 0 Å². The van der Waals surface area contributed by atoms with Gasteiger partial charge in [0.05, 0.1) is 27.8 Å². The molecule has 0 bridgehead atoms. The largest absolute Gasteiger partial charge is 0.478 e. The van der Waals surface area contributed by atoms with Crippen LogP contribution >= 0.6 is 11.6 Å². The van der Waals surface area contributed by atoms with Gasteiger partial charge in [0.25, 0.3) is 5.91 Å². The van der Waals surface area contributed by atoms with E-state index in [4.69, 9.17) is 16.9 Å². The molecule has 0 aliphatic carbocycles. The van der Waals surface area contributed by atoms with Crippen LogP contribution in [-0.2, 0) is 7.05 Å². The third-order valence-corrected chi connectivity index (χ3v) is 4.91. The first-order valence-electron chi connectivity index (χ1n) is 9.43. The molecule has 3 aromatic rings. The third kappa shape index (κ3) is 5.34. The molecule has 32 heavy (non-hydrogen) atoms. The average Bonchev–Trinajstić information content (AvgIpc) is 3.06. The first kappa shape index (κ1) is 26.4. The monoisotopic (exact) mass is 457 g/mol. The number of halogens is 2. The van der Waals surface area contributed by atoms with E-state index in [2.05, 4.69) is 5.32 Å². The Labute approximate surface area is 191 Å². The number of aromatic carboxylic acids is 1. The predicted octanol–water partition coefficient (Wildman–Crippen LogP) is 6.28. The minimum atomic E-state index is -1.31. The number of nitrogens with one attached hydrogen (secondary N) is 1. The molecule has 1 amide bonds. The lowest BCUT2D eigenvalue weighted by atomic mass is 10.0. The number of hydrogen-bond donors (Lipinski definition) is 2. The molecule has 168 valence electrons. The van der Waals surface area contributed by atoms with Gasteiger partial charge in [-0.05, 0) is 49.4 Å². The summed E-state index contributed by atoms with van der Waals surface area (Å²) in [6.45, 7) is 5.71. The van der Waals surface area contributed by atoms with Gasteiger partial charge >= 0.3 is 5.97 Å². The van der Waals surface area contributed by atoms with Crippen LogP contribution < -0.4 is 5.32 Å². The van der Waals surface area contributed by atoms with E-state index in [1.165, 1.54) is 12.1 Å². The van der Waals surface area contributed by atoms with Crippen molar-refractivity contribution in [2.75, 3.05) is 5.32 Å². The van der Waals surface area contributed by atoms with Crippen LogP contribution in [0.5, 0.6) is 0 Å². The fraction of sp³-hybridized carbons (Fsp3) is 0.208. The molecule has 1 aromatic heterocycles. The zero-order valence-electron chi connectivity index (χ0n) is 17.5. The molecular weight excluding hydrogens is 433 g/mol. The van der Waals surface area contributed by atoms with Crippen LogP contribution in [0.15, 0.2) is 42.5 Å². The smallest absolute Gasteiger partial charge is 0.336 e. The molecule has 2 aromatic carbocycles. The van der Waals surface area contributed by atoms with Crippen molar-refractivity contribution in [2.24, 2.45) is 7.05 Å². The Morgan fingerprint density at radius 1 is 1.12 bits per heavy atom. The highest BCUT2D eigenvalue weighted by atomic mass is 35.5. The fourth-order valence-corrected chi connectivity index (χ4v) is 3.11. The van der Waals surface area contributed by atoms with Gasteiger partial charge in [0.1, 0.15) is 5.82 Å². The molecule has 0 radical (unpaired) electrons. The zero-order chi connectivity index (χ0) is 23.3. The number of aromatic nitrogens is 1. The number of nitrogens with zero attached hydrogens (tertiary/aromatic N) is 2. The van der Waals surface area contributed by atoms with Crippen molar-refractivity contribution in [2.45, 2.75) is 28.2 Å². The average molecular weight is 458 g/mol. The van der Waals surface area contributed by atoms with Crippen LogP contribution in [0.3, 0.4) is 0 Å². The molecule has 0 saturated carbocycles. The number of anilines is 1. The number of carbonyl (C=O) groups is 2. The van der Waals surface area contributed by atoms with Crippen LogP contribution in [0.25, 0.3) is 11.3 Å². The van der Waals surface area contributed by atoms with Gasteiger partial charge in [0, 0.05) is 29.7 Å². The van der Waals surface area contributed by atoms with Crippen molar-refractivity contribution in [1.29, 1.82) is 5.26 Å². The molecule has 3 rings (SSSR count). The first-order chi connectivity index (χ1) is 14.7. The van der Waals surface area contributed by atoms with E-state index in [0.29, 0.717) is 28.2 Å². The zero-order valence-corrected chi connectivity index (χ0v) is 18.2. The van der Waals surface area contributed by atoms with E-state index in [0.717, 1.165) is 6.07 Å². The second-order valence-corrected chi connectivity index (χ2v) is 6.76. The summed E-state index contributed by atoms with van der Waals surface area (Å²) >= 11 is 5.85. The van der Waals surface area contributed by atoms with E-state index < -0.39 is 17.7 Å². The number of rotatable bonds is 4. The summed E-state index contributed by atoms with van der Waals surface area (Å²) in [7, 11) is 1.67. The van der Waals surface area contributed by atoms with Gasteiger partial charge in [-0.3, -0.25) is 4.79 Å². The number of hydrogen-bond acceptors (Lipinski definition) is 3. The van der Waals surface area contributed by atoms with Crippen LogP contribution in [-0.4, -0.2) is 21.6 Å². The summed E-state index contributed by atoms with van der Waals surface area (Å²) in [5, 5.41) is 20.8. The minimum Gasteiger partial charge on any atom is -0.478 e. The molecule has 0 atom stereocenters. The molecule has 1 heterocycles. The quantitative estimate of drug-likeness (QED) is 0.482. The van der Waals surface area contributed by atoms with Crippen molar-refractivity contribution in [3.8, 4) is 17.3 Å². The maximum absolute atomic E-state index is 13.8. The number of carbonyl (C=O) groups excluding carboxylic acids is 1. The molecule has 8 heteroatoms. The molecular formula is C24H25ClFN3O3. The van der Waals surface area contributed by atoms with Crippen molar-refractivity contribution in [3.05, 3.63) is 75.7 Å². The van der Waals surface area contributed by atoms with Gasteiger partial charge in [0.2, 0.25) is 0 Å². The van der Waals surface area contributed by atoms with E-state index in [1.807, 2.05) is 19.9 Å². The SMILES string of the molecule is C.CC.Cc1c(C(=O)Nc2ccc(C#N)cc2)cc(-c2cc(Cl)c(F)cc2C(=O)O)n1C. The maximum Gasteiger partial charge on any atom is 0.336 e. The summed E-state index contributed by atoms with van der Waals surface area (Å²) in [6.07, 6.45) is 0. The topological polar surface area (TPSA) is 95.1 Å². The molecule has 2 N–H and O–H groups in total. The second-order valence-electron chi connectivity index (χ2n) is 6.35. The molecule has 0 unspecified atom stereocenters. The number of carboxylic acids is 1. The molecule has 0 spiro atoms. The van der Waals surface area contributed by atoms with Gasteiger partial charge in [0.15, 0.2) is 0 Å². The highest BCUT2D eigenvalue weighted by molar-refractivity contribution is 6.31. The van der Waals surface area contributed by atoms with Crippen molar-refractivity contribution in [3.63, 3.8) is 0 Å². The van der Waals surface area contributed by atoms with Gasteiger partial charge in [-0.15, -0.1) is 0 Å². The lowest BCUT2D eigenvalue weighted by molar-refractivity contribution is 0.0697. The Balaban J connectivity index is 0.00000166. The predicted molar refractivity (Wildman–Crippen MR) is 125 cm³/mol. The summed E-state index contributed by atoms with van der Waals surface area (Å²) in [5.74, 6) is -2.55. The summed E-state index contributed by atoms with van der Waals surface area (Å²) < 4.78 is 15.4. The normalized spacial score (nSPS) is 9.66. The van der Waals surface area contributed by atoms with E-state index in [9.17, 15) is 19.1 Å². The number of carboxylic acid groups (broad SMARTS) is 1. The lowest BCUT2D eigenvalue weighted by Gasteiger charge is -2.10. The van der Waals surface area contributed by atoms with Gasteiger partial charge in [-0.1, -0.05) is 32.9 Å². The molecule has 0 aliphatic heterocycles. The van der Waals surface area contributed by atoms with E-state index in [1.54, 1.807) is 42.8 Å². The fourth-order valence-electron chi connectivity index (χ4n) is 2.95. The summed E-state index contributed by atoms with van der Waals surface area (Å²) in [6, 6.07) is 12.0. The van der Waals surface area contributed by atoms with Crippen LogP contribution in [0, 0.1) is 24.1 Å². The maximum atomic E-state index is 13.8. The highest BCUT2D eigenvalue weighted by Crippen LogP contribution is 2.32. The third-order valence-electron chi connectivity index (χ3n) is 4.62. The minimum absolute atomic E-state index is 0. The van der Waals surface area contributed by atoms with Gasteiger partial charge < -0.3 is 15.0 Å². The Kier molecular flexibility index (Phi) is 9.18. The summed E-state index contributed by atoms with van der Waals surface area (Å²) in [4.78, 5) is 24.3. The Morgan fingerprint density at radius 2 is 1.72 bits per heavy atom. The van der Waals surface area contributed by atoms with Crippen molar-refractivity contribution < 1.29 is 19.1 Å². The Bertz CT molecular complexity index is 1180. The molecule has 0 fully saturated rings. The Hall–Kier alpha value is -3.63. The lowest BCUT2D eigenvalue weighted by Crippen LogP contribution is -2.12. The second kappa shape index (κ2) is 11.1. The summed E-state index contributed by atoms with van der Waals surface area (Å²) in [5.41, 5.74) is 2.24.